The Morgan fingerprint density at radius 2 is 1.19 bits per heavy atom. The molecule has 0 aliphatic carbocycles. The van der Waals surface area contributed by atoms with Crippen molar-refractivity contribution in [3.05, 3.63) is 108 Å². The number of rotatable bonds is 8. The first kappa shape index (κ1) is 38.2. The lowest BCUT2D eigenvalue weighted by molar-refractivity contribution is -0.145. The zero-order chi connectivity index (χ0) is 39.7. The van der Waals surface area contributed by atoms with Crippen molar-refractivity contribution < 1.29 is 19.1 Å². The summed E-state index contributed by atoms with van der Waals surface area (Å²) in [5, 5.41) is 0. The molecule has 0 bridgehead atoms. The molecule has 57 heavy (non-hydrogen) atoms. The third kappa shape index (κ3) is 8.24. The molecule has 0 radical (unpaired) electrons. The van der Waals surface area contributed by atoms with E-state index in [0.29, 0.717) is 38.9 Å². The van der Waals surface area contributed by atoms with Crippen molar-refractivity contribution in [1.29, 1.82) is 0 Å². The minimum atomic E-state index is -0.548. The maximum Gasteiger partial charge on any atom is 0.410 e. The molecule has 3 aromatic carbocycles. The number of piperidine rings is 1. The second-order valence-corrected chi connectivity index (χ2v) is 17.1. The summed E-state index contributed by atoms with van der Waals surface area (Å²) in [6, 6.07) is 26.7. The summed E-state index contributed by atoms with van der Waals surface area (Å²) in [6.07, 6.45) is 8.69. The maximum atomic E-state index is 14.0. The van der Waals surface area contributed by atoms with Crippen LogP contribution in [0.5, 0.6) is 0 Å². The molecule has 0 unspecified atom stereocenters. The van der Waals surface area contributed by atoms with Crippen molar-refractivity contribution in [3.63, 3.8) is 0 Å². The number of imidazole rings is 2. The Morgan fingerprint density at radius 1 is 0.702 bits per heavy atom. The van der Waals surface area contributed by atoms with Gasteiger partial charge in [-0.1, -0.05) is 85.8 Å². The van der Waals surface area contributed by atoms with Gasteiger partial charge < -0.3 is 29.4 Å². The standard InChI is InChI=1S/C46H53N7O4/c1-45(2,3)57-44(56)51-26-22-46(4,23-27-51)43(55)53-25-9-13-39(53)42-48-30-37(50-42)35-20-16-33(17-21-35)32-14-18-34(19-15-32)36-29-47-41(49-36)38-12-8-24-52(38)40(54)28-31-10-6-5-7-11-31/h5-7,10-11,14-21,29-30,38-39H,8-9,12-13,22-28H2,1-4H3,(H,47,49)(H,48,50)/t38-,39-/m0/s1. The normalized spacial score (nSPS) is 19.5. The fraction of sp³-hybridized carbons (Fsp3) is 0.413. The van der Waals surface area contributed by atoms with Crippen molar-refractivity contribution >= 4 is 17.9 Å². The SMILES string of the molecule is CC(C)(C)OC(=O)N1CCC(C)(C(=O)N2CCC[C@H]2c2ncc(-c3ccc(-c4ccc(-c5cnc([C@@H]6CCCN6C(=O)Cc6ccccc6)[nH]5)cc4)cc3)[nH]2)CC1. The molecule has 11 heteroatoms. The Morgan fingerprint density at radius 3 is 1.72 bits per heavy atom. The van der Waals surface area contributed by atoms with Gasteiger partial charge in [0.05, 0.1) is 42.3 Å². The molecule has 5 heterocycles. The number of nitrogens with zero attached hydrogens (tertiary/aromatic N) is 5. The molecule has 2 atom stereocenters. The van der Waals surface area contributed by atoms with Crippen LogP contribution in [0.25, 0.3) is 33.6 Å². The van der Waals surface area contributed by atoms with Crippen LogP contribution >= 0.6 is 0 Å². The molecule has 0 saturated carbocycles. The smallest absolute Gasteiger partial charge is 0.410 e. The highest BCUT2D eigenvalue weighted by Gasteiger charge is 2.45. The number of likely N-dealkylation sites (tertiary alicyclic amines) is 3. The Kier molecular flexibility index (Phi) is 10.5. The van der Waals surface area contributed by atoms with Crippen LogP contribution in [-0.4, -0.2) is 84.3 Å². The van der Waals surface area contributed by atoms with Crippen LogP contribution in [0.1, 0.15) is 95.5 Å². The van der Waals surface area contributed by atoms with Crippen LogP contribution in [0.4, 0.5) is 4.79 Å². The molecule has 2 aromatic heterocycles. The van der Waals surface area contributed by atoms with Gasteiger partial charge >= 0.3 is 6.09 Å². The number of hydrogen-bond donors (Lipinski definition) is 2. The van der Waals surface area contributed by atoms with E-state index in [9.17, 15) is 14.4 Å². The summed E-state index contributed by atoms with van der Waals surface area (Å²) in [5.74, 6) is 1.93. The lowest BCUT2D eigenvalue weighted by atomic mass is 9.79. The van der Waals surface area contributed by atoms with E-state index >= 15 is 0 Å². The largest absolute Gasteiger partial charge is 0.444 e. The first-order valence-corrected chi connectivity index (χ1v) is 20.4. The van der Waals surface area contributed by atoms with Gasteiger partial charge in [0.25, 0.3) is 0 Å². The number of H-pyrrole nitrogens is 2. The molecule has 0 spiro atoms. The summed E-state index contributed by atoms with van der Waals surface area (Å²) in [5.41, 5.74) is 6.08. The van der Waals surface area contributed by atoms with E-state index in [4.69, 9.17) is 14.7 Å². The Balaban J connectivity index is 0.883. The molecule has 3 aliphatic heterocycles. The number of aromatic amines is 2. The first-order chi connectivity index (χ1) is 27.4. The number of nitrogens with one attached hydrogen (secondary N) is 2. The van der Waals surface area contributed by atoms with Gasteiger partial charge in [-0.15, -0.1) is 0 Å². The third-order valence-electron chi connectivity index (χ3n) is 11.9. The summed E-state index contributed by atoms with van der Waals surface area (Å²) in [6.45, 7) is 10.1. The summed E-state index contributed by atoms with van der Waals surface area (Å²) >= 11 is 0. The van der Waals surface area contributed by atoms with Crippen molar-refractivity contribution in [3.8, 4) is 33.6 Å². The predicted molar refractivity (Wildman–Crippen MR) is 220 cm³/mol. The summed E-state index contributed by atoms with van der Waals surface area (Å²) < 4.78 is 5.57. The molecular weight excluding hydrogens is 715 g/mol. The highest BCUT2D eigenvalue weighted by Crippen LogP contribution is 2.40. The van der Waals surface area contributed by atoms with Crippen molar-refractivity contribution in [2.75, 3.05) is 26.2 Å². The molecule has 8 rings (SSSR count). The van der Waals surface area contributed by atoms with Gasteiger partial charge in [-0.2, -0.15) is 0 Å². The Hall–Kier alpha value is -5.71. The molecule has 5 aromatic rings. The van der Waals surface area contributed by atoms with Crippen LogP contribution in [0.2, 0.25) is 0 Å². The number of amides is 3. The zero-order valence-corrected chi connectivity index (χ0v) is 33.5. The highest BCUT2D eigenvalue weighted by atomic mass is 16.6. The Labute approximate surface area is 334 Å². The molecule has 296 valence electrons. The van der Waals surface area contributed by atoms with Crippen LogP contribution in [0, 0.1) is 5.41 Å². The van der Waals surface area contributed by atoms with Crippen molar-refractivity contribution in [2.45, 2.75) is 90.3 Å². The lowest BCUT2D eigenvalue weighted by Gasteiger charge is -2.41. The number of ether oxygens (including phenoxy) is 1. The van der Waals surface area contributed by atoms with Gasteiger partial charge in [0.2, 0.25) is 11.8 Å². The second-order valence-electron chi connectivity index (χ2n) is 17.1. The maximum absolute atomic E-state index is 14.0. The van der Waals surface area contributed by atoms with Gasteiger partial charge in [0, 0.05) is 31.6 Å². The van der Waals surface area contributed by atoms with E-state index < -0.39 is 11.0 Å². The second kappa shape index (κ2) is 15.7. The van der Waals surface area contributed by atoms with Crippen LogP contribution < -0.4 is 0 Å². The third-order valence-corrected chi connectivity index (χ3v) is 11.9. The fourth-order valence-electron chi connectivity index (χ4n) is 8.58. The highest BCUT2D eigenvalue weighted by molar-refractivity contribution is 5.83. The minimum absolute atomic E-state index is 0.0382. The zero-order valence-electron chi connectivity index (χ0n) is 33.5. The molecular formula is C46H53N7O4. The van der Waals surface area contributed by atoms with Gasteiger partial charge in [-0.05, 0) is 87.1 Å². The van der Waals surface area contributed by atoms with E-state index in [0.717, 1.165) is 83.1 Å². The monoisotopic (exact) mass is 767 g/mol. The number of carbonyl (C=O) groups is 3. The van der Waals surface area contributed by atoms with Gasteiger partial charge in [-0.3, -0.25) is 9.59 Å². The Bertz CT molecular complexity index is 2200. The molecule has 11 nitrogen and oxygen atoms in total. The van der Waals surface area contributed by atoms with E-state index in [1.165, 1.54) is 0 Å². The number of benzene rings is 3. The van der Waals surface area contributed by atoms with Crippen LogP contribution in [0.15, 0.2) is 91.3 Å². The molecule has 3 saturated heterocycles. The average molecular weight is 768 g/mol. The van der Waals surface area contributed by atoms with E-state index in [2.05, 4.69) is 58.5 Å². The van der Waals surface area contributed by atoms with Crippen LogP contribution in [0.3, 0.4) is 0 Å². The van der Waals surface area contributed by atoms with Crippen molar-refractivity contribution in [2.24, 2.45) is 5.41 Å². The van der Waals surface area contributed by atoms with Crippen LogP contribution in [-0.2, 0) is 20.7 Å². The molecule has 3 aliphatic rings. The topological polar surface area (TPSA) is 128 Å². The van der Waals surface area contributed by atoms with Gasteiger partial charge in [0.1, 0.15) is 17.2 Å². The molecule has 3 amide bonds. The predicted octanol–water partition coefficient (Wildman–Crippen LogP) is 8.74. The first-order valence-electron chi connectivity index (χ1n) is 20.4. The summed E-state index contributed by atoms with van der Waals surface area (Å²) in [4.78, 5) is 62.1. The fourth-order valence-corrected chi connectivity index (χ4v) is 8.58. The molecule has 3 fully saturated rings. The summed E-state index contributed by atoms with van der Waals surface area (Å²) in [7, 11) is 0. The quantitative estimate of drug-likeness (QED) is 0.163. The van der Waals surface area contributed by atoms with E-state index in [1.807, 2.05) is 80.2 Å². The average Bonchev–Trinajstić information content (AvgIpc) is 4.05. The molecule has 2 N–H and O–H groups in total. The number of hydrogen-bond acceptors (Lipinski definition) is 6. The number of aromatic nitrogens is 4. The lowest BCUT2D eigenvalue weighted by Crippen LogP contribution is -2.50. The number of carbonyl (C=O) groups excluding carboxylic acids is 3. The van der Waals surface area contributed by atoms with E-state index in [-0.39, 0.29) is 30.0 Å². The van der Waals surface area contributed by atoms with Gasteiger partial charge in [0.15, 0.2) is 0 Å². The van der Waals surface area contributed by atoms with Gasteiger partial charge in [-0.25, -0.2) is 14.8 Å². The minimum Gasteiger partial charge on any atom is -0.444 e. The van der Waals surface area contributed by atoms with Crippen molar-refractivity contribution in [1.82, 2.24) is 34.6 Å². The van der Waals surface area contributed by atoms with E-state index in [1.54, 1.807) is 4.90 Å².